The van der Waals surface area contributed by atoms with Crippen LogP contribution in [0.4, 0.5) is 0 Å². The molecule has 2 rings (SSSR count). The molecule has 0 saturated carbocycles. The summed E-state index contributed by atoms with van der Waals surface area (Å²) < 4.78 is 0. The third kappa shape index (κ3) is 9.26. The zero-order chi connectivity index (χ0) is 21.8. The summed E-state index contributed by atoms with van der Waals surface area (Å²) in [6, 6.07) is 10.5. The number of likely N-dealkylation sites (N-methyl/N-ethyl adjacent to an activating group) is 1. The van der Waals surface area contributed by atoms with Crippen LogP contribution in [0.3, 0.4) is 0 Å². The highest BCUT2D eigenvalue weighted by Crippen LogP contribution is 2.23. The van der Waals surface area contributed by atoms with E-state index in [2.05, 4.69) is 90.8 Å². The molecule has 0 atom stereocenters. The summed E-state index contributed by atoms with van der Waals surface area (Å²) in [5.41, 5.74) is 3.58. The molecule has 2 aromatic rings. The quantitative estimate of drug-likeness (QED) is 0.546. The van der Waals surface area contributed by atoms with Gasteiger partial charge < -0.3 is 5.32 Å². The molecule has 0 aliphatic carbocycles. The number of rotatable bonds is 9. The summed E-state index contributed by atoms with van der Waals surface area (Å²) in [7, 11) is 0. The van der Waals surface area contributed by atoms with Gasteiger partial charge in [0.15, 0.2) is 0 Å². The van der Waals surface area contributed by atoms with E-state index in [1.165, 1.54) is 11.1 Å². The number of nitrogens with zero attached hydrogens (tertiary/aromatic N) is 1. The minimum Gasteiger partial charge on any atom is -0.352 e. The number of benzene rings is 1. The molecule has 0 unspecified atom stereocenters. The van der Waals surface area contributed by atoms with Crippen molar-refractivity contribution in [1.29, 1.82) is 0 Å². The van der Waals surface area contributed by atoms with Crippen molar-refractivity contribution in [3.05, 3.63) is 64.9 Å². The van der Waals surface area contributed by atoms with Gasteiger partial charge in [0, 0.05) is 18.5 Å². The van der Waals surface area contributed by atoms with Gasteiger partial charge in [-0.25, -0.2) is 0 Å². The Morgan fingerprint density at radius 3 is 2.73 bits per heavy atom. The third-order valence-electron chi connectivity index (χ3n) is 4.29. The molecule has 0 bridgehead atoms. The molecule has 0 aliphatic heterocycles. The van der Waals surface area contributed by atoms with Crippen molar-refractivity contribution in [2.45, 2.75) is 27.7 Å². The number of amides is 1. The zero-order valence-electron chi connectivity index (χ0n) is 18.4. The summed E-state index contributed by atoms with van der Waals surface area (Å²) >= 11 is 1.70. The first-order valence-electron chi connectivity index (χ1n) is 10.3. The Bertz CT molecular complexity index is 908. The minimum atomic E-state index is 0.00735. The van der Waals surface area contributed by atoms with Crippen LogP contribution in [0.15, 0.2) is 59.3 Å². The molecule has 0 spiro atoms. The molecule has 3 nitrogen and oxygen atoms in total. The third-order valence-corrected chi connectivity index (χ3v) is 4.98. The van der Waals surface area contributed by atoms with E-state index in [0.29, 0.717) is 19.6 Å². The summed E-state index contributed by atoms with van der Waals surface area (Å²) in [6.45, 7) is 10.8. The number of allylic oxidation sites excluding steroid dienone is 1. The van der Waals surface area contributed by atoms with Crippen molar-refractivity contribution in [1.82, 2.24) is 10.2 Å². The van der Waals surface area contributed by atoms with Crippen LogP contribution in [0.1, 0.15) is 33.3 Å². The second kappa shape index (κ2) is 12.2. The highest BCUT2D eigenvalue weighted by Gasteiger charge is 2.06. The molecule has 158 valence electrons. The maximum atomic E-state index is 12.2. The van der Waals surface area contributed by atoms with E-state index < -0.39 is 0 Å². The van der Waals surface area contributed by atoms with Gasteiger partial charge in [-0.2, -0.15) is 11.3 Å². The van der Waals surface area contributed by atoms with Crippen molar-refractivity contribution in [3.63, 3.8) is 0 Å². The van der Waals surface area contributed by atoms with E-state index in [1.807, 2.05) is 24.3 Å². The summed E-state index contributed by atoms with van der Waals surface area (Å²) in [5, 5.41) is 7.20. The number of thiophene rings is 1. The van der Waals surface area contributed by atoms with Crippen molar-refractivity contribution < 1.29 is 4.79 Å². The first kappa shape index (κ1) is 23.7. The number of nitrogens with one attached hydrogen (secondary N) is 1. The van der Waals surface area contributed by atoms with E-state index in [0.717, 1.165) is 12.1 Å². The maximum Gasteiger partial charge on any atom is 0.234 e. The smallest absolute Gasteiger partial charge is 0.234 e. The first-order valence-corrected chi connectivity index (χ1v) is 11.3. The molecule has 30 heavy (non-hydrogen) atoms. The fourth-order valence-corrected chi connectivity index (χ4v) is 3.37. The number of carbonyl (C=O) groups is 1. The molecule has 1 aromatic heterocycles. The van der Waals surface area contributed by atoms with Crippen LogP contribution in [-0.2, 0) is 4.79 Å². The predicted molar refractivity (Wildman–Crippen MR) is 130 cm³/mol. The van der Waals surface area contributed by atoms with Crippen LogP contribution in [0, 0.1) is 17.3 Å². The van der Waals surface area contributed by atoms with Crippen molar-refractivity contribution in [2.75, 3.05) is 26.2 Å². The van der Waals surface area contributed by atoms with E-state index in [1.54, 1.807) is 11.3 Å². The Balaban J connectivity index is 1.76. The van der Waals surface area contributed by atoms with Gasteiger partial charge in [-0.3, -0.25) is 9.69 Å². The predicted octanol–water partition coefficient (Wildman–Crippen LogP) is 5.47. The average molecular weight is 421 g/mol. The first-order chi connectivity index (χ1) is 14.4. The lowest BCUT2D eigenvalue weighted by atomic mass is 9.98. The second-order valence-electron chi connectivity index (χ2n) is 8.09. The van der Waals surface area contributed by atoms with Crippen LogP contribution in [-0.4, -0.2) is 37.0 Å². The highest BCUT2D eigenvalue weighted by molar-refractivity contribution is 7.08. The zero-order valence-corrected chi connectivity index (χ0v) is 19.3. The van der Waals surface area contributed by atoms with Crippen LogP contribution < -0.4 is 5.32 Å². The van der Waals surface area contributed by atoms with Crippen LogP contribution in [0.5, 0.6) is 0 Å². The van der Waals surface area contributed by atoms with E-state index in [9.17, 15) is 4.79 Å². The van der Waals surface area contributed by atoms with Crippen molar-refractivity contribution in [2.24, 2.45) is 5.41 Å². The molecule has 0 radical (unpaired) electrons. The van der Waals surface area contributed by atoms with Gasteiger partial charge >= 0.3 is 0 Å². The Morgan fingerprint density at radius 2 is 2.03 bits per heavy atom. The molecule has 1 aromatic carbocycles. The van der Waals surface area contributed by atoms with Crippen LogP contribution in [0.2, 0.25) is 0 Å². The summed E-state index contributed by atoms with van der Waals surface area (Å²) in [6.07, 6.45) is 7.92. The van der Waals surface area contributed by atoms with Gasteiger partial charge in [-0.15, -0.1) is 0 Å². The standard InChI is InChI=1S/C26H32N2OS/c1-5-28(17-8-6-7-15-26(2,3)4)20-25(29)27-16-10-12-22-11-9-13-23(19-22)24-14-18-30-21-24/h6,8-14,18-19,21H,5,16-17,20H2,1-4H3,(H,27,29)/b8-6+,12-10+. The molecular weight excluding hydrogens is 388 g/mol. The molecule has 4 heteroatoms. The maximum absolute atomic E-state index is 12.2. The molecule has 0 saturated heterocycles. The molecule has 0 fully saturated rings. The van der Waals surface area contributed by atoms with Crippen LogP contribution in [0.25, 0.3) is 17.2 Å². The molecule has 1 amide bonds. The Morgan fingerprint density at radius 1 is 1.20 bits per heavy atom. The Hall–Kier alpha value is -2.61. The SMILES string of the molecule is CCN(C/C=C/C#CC(C)(C)C)CC(=O)NC/C=C/c1cccc(-c2ccsc2)c1. The lowest BCUT2D eigenvalue weighted by Crippen LogP contribution is -2.37. The van der Waals surface area contributed by atoms with Gasteiger partial charge in [0.1, 0.15) is 0 Å². The Labute approximate surface area is 185 Å². The average Bonchev–Trinajstić information content (AvgIpc) is 3.24. The van der Waals surface area contributed by atoms with Crippen molar-refractivity contribution >= 4 is 23.3 Å². The largest absolute Gasteiger partial charge is 0.352 e. The number of hydrogen-bond donors (Lipinski definition) is 1. The molecule has 1 heterocycles. The van der Waals surface area contributed by atoms with Gasteiger partial charge in [-0.1, -0.05) is 55.2 Å². The fourth-order valence-electron chi connectivity index (χ4n) is 2.70. The molecular formula is C26H32N2OS. The van der Waals surface area contributed by atoms with E-state index in [-0.39, 0.29) is 11.3 Å². The van der Waals surface area contributed by atoms with Crippen LogP contribution >= 0.6 is 11.3 Å². The number of hydrogen-bond acceptors (Lipinski definition) is 3. The van der Waals surface area contributed by atoms with Gasteiger partial charge in [-0.05, 0) is 73.0 Å². The Kier molecular flexibility index (Phi) is 9.60. The highest BCUT2D eigenvalue weighted by atomic mass is 32.1. The lowest BCUT2D eigenvalue weighted by Gasteiger charge is -2.17. The summed E-state index contributed by atoms with van der Waals surface area (Å²) in [4.78, 5) is 14.3. The fraction of sp³-hybridized carbons (Fsp3) is 0.346. The topological polar surface area (TPSA) is 32.3 Å². The van der Waals surface area contributed by atoms with Crippen molar-refractivity contribution in [3.8, 4) is 23.0 Å². The number of carbonyl (C=O) groups excluding carboxylic acids is 1. The van der Waals surface area contributed by atoms with Gasteiger partial charge in [0.05, 0.1) is 6.54 Å². The lowest BCUT2D eigenvalue weighted by molar-refractivity contribution is -0.121. The second-order valence-corrected chi connectivity index (χ2v) is 8.87. The summed E-state index contributed by atoms with van der Waals surface area (Å²) in [5.74, 6) is 6.26. The normalized spacial score (nSPS) is 11.8. The van der Waals surface area contributed by atoms with E-state index in [4.69, 9.17) is 0 Å². The van der Waals surface area contributed by atoms with E-state index >= 15 is 0 Å². The monoisotopic (exact) mass is 420 g/mol. The molecule has 0 aliphatic rings. The van der Waals surface area contributed by atoms with Gasteiger partial charge in [0.2, 0.25) is 5.91 Å². The molecule has 1 N–H and O–H groups in total. The van der Waals surface area contributed by atoms with Gasteiger partial charge in [0.25, 0.3) is 0 Å². The minimum absolute atomic E-state index is 0.00735.